The molecule has 3 aromatic rings. The maximum absolute atomic E-state index is 4.45. The molecule has 0 amide bonds. The van der Waals surface area contributed by atoms with Gasteiger partial charge in [0, 0.05) is 11.9 Å². The minimum atomic E-state index is 0.144. The Morgan fingerprint density at radius 3 is 2.83 bits per heavy atom. The number of aromatic nitrogens is 3. The van der Waals surface area contributed by atoms with Gasteiger partial charge in [-0.2, -0.15) is 0 Å². The fourth-order valence-electron chi connectivity index (χ4n) is 3.31. The van der Waals surface area contributed by atoms with Crippen molar-refractivity contribution in [2.24, 2.45) is 0 Å². The Hall–Kier alpha value is -2.62. The minimum Gasteiger partial charge on any atom is -0.325 e. The zero-order valence-electron chi connectivity index (χ0n) is 13.3. The van der Waals surface area contributed by atoms with Crippen LogP contribution in [0, 0.1) is 0 Å². The van der Waals surface area contributed by atoms with Crippen molar-refractivity contribution in [2.75, 3.05) is 4.90 Å². The molecule has 0 saturated heterocycles. The number of benzene rings is 2. The summed E-state index contributed by atoms with van der Waals surface area (Å²) in [4.78, 5) is 2.34. The van der Waals surface area contributed by atoms with Crippen LogP contribution in [0.2, 0.25) is 0 Å². The fraction of sp³-hybridized carbons (Fsp3) is 0.263. The summed E-state index contributed by atoms with van der Waals surface area (Å²) in [7, 11) is 0. The Labute approximate surface area is 136 Å². The van der Waals surface area contributed by atoms with E-state index in [1.807, 2.05) is 18.2 Å². The molecule has 1 unspecified atom stereocenters. The summed E-state index contributed by atoms with van der Waals surface area (Å²) in [5.41, 5.74) is 4.67. The van der Waals surface area contributed by atoms with Crippen molar-refractivity contribution in [1.82, 2.24) is 15.0 Å². The quantitative estimate of drug-likeness (QED) is 0.720. The molecule has 1 aromatic heterocycles. The molecule has 0 spiro atoms. The standard InChI is InChI=1S/C19H20N4/c1-2-8-19(23-18-13-6-4-11-16(18)20-21-23)22-14-7-10-15-9-3-5-12-17(15)22/h3-7,9,11-14,19H,2,8,10H2,1H3. The number of nitrogens with zero attached hydrogens (tertiary/aromatic N) is 4. The van der Waals surface area contributed by atoms with Gasteiger partial charge in [-0.1, -0.05) is 55.0 Å². The van der Waals surface area contributed by atoms with Crippen LogP contribution in [0.5, 0.6) is 0 Å². The lowest BCUT2D eigenvalue weighted by Crippen LogP contribution is -2.31. The molecule has 4 rings (SSSR count). The van der Waals surface area contributed by atoms with Crippen LogP contribution >= 0.6 is 0 Å². The Kier molecular flexibility index (Phi) is 3.58. The van der Waals surface area contributed by atoms with Crippen LogP contribution in [-0.4, -0.2) is 15.0 Å². The first-order valence-corrected chi connectivity index (χ1v) is 8.21. The molecule has 0 aliphatic carbocycles. The summed E-state index contributed by atoms with van der Waals surface area (Å²) in [6.07, 6.45) is 7.66. The average molecular weight is 304 g/mol. The van der Waals surface area contributed by atoms with Crippen LogP contribution < -0.4 is 4.90 Å². The molecule has 0 bridgehead atoms. The minimum absolute atomic E-state index is 0.144. The lowest BCUT2D eigenvalue weighted by atomic mass is 10.0. The van der Waals surface area contributed by atoms with E-state index in [9.17, 15) is 0 Å². The normalized spacial score (nSPS) is 14.9. The van der Waals surface area contributed by atoms with Crippen LogP contribution in [0.25, 0.3) is 11.0 Å². The lowest BCUT2D eigenvalue weighted by Gasteiger charge is -2.34. The number of fused-ring (bicyclic) bond motifs is 2. The van der Waals surface area contributed by atoms with Crippen molar-refractivity contribution in [3.8, 4) is 0 Å². The number of allylic oxidation sites excluding steroid dienone is 1. The predicted octanol–water partition coefficient (Wildman–Crippen LogP) is 4.31. The molecular formula is C19H20N4. The summed E-state index contributed by atoms with van der Waals surface area (Å²) >= 11 is 0. The van der Waals surface area contributed by atoms with Crippen molar-refractivity contribution in [3.05, 3.63) is 66.4 Å². The maximum atomic E-state index is 4.45. The van der Waals surface area contributed by atoms with Crippen molar-refractivity contribution in [1.29, 1.82) is 0 Å². The molecule has 0 radical (unpaired) electrons. The van der Waals surface area contributed by atoms with Crippen molar-refractivity contribution < 1.29 is 0 Å². The number of hydrogen-bond acceptors (Lipinski definition) is 3. The fourth-order valence-corrected chi connectivity index (χ4v) is 3.31. The molecule has 116 valence electrons. The van der Waals surface area contributed by atoms with Crippen molar-refractivity contribution >= 4 is 16.7 Å². The lowest BCUT2D eigenvalue weighted by molar-refractivity contribution is 0.424. The maximum Gasteiger partial charge on any atom is 0.129 e. The van der Waals surface area contributed by atoms with Gasteiger partial charge in [0.05, 0.1) is 5.52 Å². The van der Waals surface area contributed by atoms with Crippen LogP contribution in [0.4, 0.5) is 5.69 Å². The van der Waals surface area contributed by atoms with Crippen LogP contribution in [0.1, 0.15) is 31.5 Å². The SMILES string of the molecule is CCCC(N1C=CCc2ccccc21)n1nnc2ccccc21. The highest BCUT2D eigenvalue weighted by Gasteiger charge is 2.24. The first-order chi connectivity index (χ1) is 11.4. The van der Waals surface area contributed by atoms with E-state index >= 15 is 0 Å². The number of rotatable bonds is 4. The van der Waals surface area contributed by atoms with Gasteiger partial charge < -0.3 is 4.90 Å². The second-order valence-corrected chi connectivity index (χ2v) is 5.92. The van der Waals surface area contributed by atoms with Gasteiger partial charge in [0.2, 0.25) is 0 Å². The smallest absolute Gasteiger partial charge is 0.129 e. The molecule has 4 nitrogen and oxygen atoms in total. The summed E-state index contributed by atoms with van der Waals surface area (Å²) < 4.78 is 2.06. The van der Waals surface area contributed by atoms with Gasteiger partial charge in [-0.25, -0.2) is 4.68 Å². The monoisotopic (exact) mass is 304 g/mol. The highest BCUT2D eigenvalue weighted by atomic mass is 15.5. The van der Waals surface area contributed by atoms with E-state index in [4.69, 9.17) is 0 Å². The second-order valence-electron chi connectivity index (χ2n) is 5.92. The van der Waals surface area contributed by atoms with Crippen LogP contribution in [-0.2, 0) is 6.42 Å². The van der Waals surface area contributed by atoms with Gasteiger partial charge in [-0.3, -0.25) is 0 Å². The zero-order chi connectivity index (χ0) is 15.6. The molecule has 0 N–H and O–H groups in total. The van der Waals surface area contributed by atoms with Crippen molar-refractivity contribution in [3.63, 3.8) is 0 Å². The third kappa shape index (κ3) is 2.40. The number of anilines is 1. The molecule has 4 heteroatoms. The second kappa shape index (κ2) is 5.88. The van der Waals surface area contributed by atoms with E-state index in [1.54, 1.807) is 0 Å². The van der Waals surface area contributed by atoms with Gasteiger partial charge >= 0.3 is 0 Å². The van der Waals surface area contributed by atoms with Gasteiger partial charge in [-0.15, -0.1) is 5.10 Å². The molecule has 1 atom stereocenters. The third-order valence-corrected chi connectivity index (χ3v) is 4.40. The Morgan fingerprint density at radius 2 is 1.91 bits per heavy atom. The summed E-state index contributed by atoms with van der Waals surface area (Å²) in [6, 6.07) is 16.8. The van der Waals surface area contributed by atoms with E-state index in [1.165, 1.54) is 11.3 Å². The van der Waals surface area contributed by atoms with Gasteiger partial charge in [-0.05, 0) is 36.6 Å². The summed E-state index contributed by atoms with van der Waals surface area (Å²) in [5.74, 6) is 0. The molecular weight excluding hydrogens is 284 g/mol. The molecule has 0 fully saturated rings. The highest BCUT2D eigenvalue weighted by Crippen LogP contribution is 2.33. The van der Waals surface area contributed by atoms with E-state index < -0.39 is 0 Å². The molecule has 0 saturated carbocycles. The Balaban J connectivity index is 1.82. The molecule has 1 aliphatic rings. The topological polar surface area (TPSA) is 34.0 Å². The first-order valence-electron chi connectivity index (χ1n) is 8.21. The van der Waals surface area contributed by atoms with Crippen LogP contribution in [0.3, 0.4) is 0 Å². The summed E-state index contributed by atoms with van der Waals surface area (Å²) in [5, 5.41) is 8.79. The largest absolute Gasteiger partial charge is 0.325 e. The predicted molar refractivity (Wildman–Crippen MR) is 93.2 cm³/mol. The molecule has 23 heavy (non-hydrogen) atoms. The van der Waals surface area contributed by atoms with Gasteiger partial charge in [0.15, 0.2) is 0 Å². The van der Waals surface area contributed by atoms with Crippen molar-refractivity contribution in [2.45, 2.75) is 32.4 Å². The zero-order valence-corrected chi connectivity index (χ0v) is 13.3. The highest BCUT2D eigenvalue weighted by molar-refractivity contribution is 5.74. The Morgan fingerprint density at radius 1 is 1.09 bits per heavy atom. The first kappa shape index (κ1) is 14.0. The summed E-state index contributed by atoms with van der Waals surface area (Å²) in [6.45, 7) is 2.21. The van der Waals surface area contributed by atoms with Crippen LogP contribution in [0.15, 0.2) is 60.8 Å². The van der Waals surface area contributed by atoms with E-state index in [2.05, 4.69) is 69.4 Å². The van der Waals surface area contributed by atoms with Gasteiger partial charge in [0.25, 0.3) is 0 Å². The molecule has 1 aliphatic heterocycles. The number of para-hydroxylation sites is 2. The van der Waals surface area contributed by atoms with E-state index in [0.29, 0.717) is 0 Å². The third-order valence-electron chi connectivity index (χ3n) is 4.40. The van der Waals surface area contributed by atoms with E-state index in [0.717, 1.165) is 30.3 Å². The molecule has 2 aromatic carbocycles. The number of hydrogen-bond donors (Lipinski definition) is 0. The average Bonchev–Trinajstić information content (AvgIpc) is 3.03. The van der Waals surface area contributed by atoms with Gasteiger partial charge in [0.1, 0.15) is 11.7 Å². The molecule has 2 heterocycles. The Bertz CT molecular complexity index is 849. The van der Waals surface area contributed by atoms with E-state index in [-0.39, 0.29) is 6.17 Å².